The highest BCUT2D eigenvalue weighted by molar-refractivity contribution is 6.33. The standard InChI is InChI=1S/C14H9ClF4N2O2/c15-10-6-8(16)3-4-11(10)20-12(22)7-21-5-1-2-9(13(21)23)14(17,18)19/h1-6H,7H2,(H,20,22). The maximum Gasteiger partial charge on any atom is 0.421 e. The van der Waals surface area contributed by atoms with Crippen LogP contribution in [0.25, 0.3) is 0 Å². The molecule has 0 radical (unpaired) electrons. The quantitative estimate of drug-likeness (QED) is 0.865. The number of halogens is 5. The molecule has 0 saturated carbocycles. The number of anilines is 1. The van der Waals surface area contributed by atoms with Crippen molar-refractivity contribution in [3.8, 4) is 0 Å². The van der Waals surface area contributed by atoms with Gasteiger partial charge in [0, 0.05) is 6.20 Å². The van der Waals surface area contributed by atoms with Gasteiger partial charge in [0.15, 0.2) is 0 Å². The van der Waals surface area contributed by atoms with Crippen LogP contribution in [0, 0.1) is 5.82 Å². The number of benzene rings is 1. The smallest absolute Gasteiger partial charge is 0.323 e. The molecule has 122 valence electrons. The van der Waals surface area contributed by atoms with E-state index < -0.39 is 35.6 Å². The zero-order chi connectivity index (χ0) is 17.2. The molecule has 0 saturated heterocycles. The van der Waals surface area contributed by atoms with Crippen LogP contribution in [0.15, 0.2) is 41.3 Å². The van der Waals surface area contributed by atoms with Gasteiger partial charge < -0.3 is 9.88 Å². The molecule has 0 aliphatic carbocycles. The highest BCUT2D eigenvalue weighted by Gasteiger charge is 2.34. The molecule has 2 rings (SSSR count). The van der Waals surface area contributed by atoms with Gasteiger partial charge >= 0.3 is 6.18 Å². The van der Waals surface area contributed by atoms with Gasteiger partial charge in [0.2, 0.25) is 5.91 Å². The molecule has 23 heavy (non-hydrogen) atoms. The van der Waals surface area contributed by atoms with Crippen molar-refractivity contribution < 1.29 is 22.4 Å². The summed E-state index contributed by atoms with van der Waals surface area (Å²) in [4.78, 5) is 23.5. The summed E-state index contributed by atoms with van der Waals surface area (Å²) in [5, 5.41) is 2.22. The number of carbonyl (C=O) groups excluding carboxylic acids is 1. The summed E-state index contributed by atoms with van der Waals surface area (Å²) >= 11 is 5.72. The molecule has 0 aliphatic rings. The van der Waals surface area contributed by atoms with Gasteiger partial charge in [0.1, 0.15) is 17.9 Å². The van der Waals surface area contributed by atoms with Crippen LogP contribution in [-0.2, 0) is 17.5 Å². The van der Waals surface area contributed by atoms with Crippen molar-refractivity contribution in [1.82, 2.24) is 4.57 Å². The largest absolute Gasteiger partial charge is 0.421 e. The Hall–Kier alpha value is -2.35. The molecular weight excluding hydrogens is 340 g/mol. The van der Waals surface area contributed by atoms with Crippen LogP contribution in [0.5, 0.6) is 0 Å². The van der Waals surface area contributed by atoms with Crippen molar-refractivity contribution in [2.45, 2.75) is 12.7 Å². The van der Waals surface area contributed by atoms with Gasteiger partial charge in [-0.05, 0) is 30.3 Å². The molecule has 0 atom stereocenters. The summed E-state index contributed by atoms with van der Waals surface area (Å²) in [5.41, 5.74) is -2.62. The summed E-state index contributed by atoms with van der Waals surface area (Å²) in [6, 6.07) is 4.87. The first kappa shape index (κ1) is 17.0. The molecule has 9 heteroatoms. The van der Waals surface area contributed by atoms with E-state index in [1.165, 1.54) is 6.07 Å². The minimum atomic E-state index is -4.81. The number of nitrogens with zero attached hydrogens (tertiary/aromatic N) is 1. The predicted molar refractivity (Wildman–Crippen MR) is 75.7 cm³/mol. The molecule has 0 fully saturated rings. The fourth-order valence-electron chi connectivity index (χ4n) is 1.81. The summed E-state index contributed by atoms with van der Waals surface area (Å²) in [7, 11) is 0. The van der Waals surface area contributed by atoms with Crippen LogP contribution >= 0.6 is 11.6 Å². The van der Waals surface area contributed by atoms with E-state index in [4.69, 9.17) is 11.6 Å². The Labute approximate surface area is 132 Å². The van der Waals surface area contributed by atoms with Crippen LogP contribution in [0.1, 0.15) is 5.56 Å². The van der Waals surface area contributed by atoms with Crippen molar-refractivity contribution in [3.63, 3.8) is 0 Å². The van der Waals surface area contributed by atoms with Crippen LogP contribution in [0.2, 0.25) is 5.02 Å². The molecule has 1 heterocycles. The minimum Gasteiger partial charge on any atom is -0.323 e. The van der Waals surface area contributed by atoms with E-state index in [1.54, 1.807) is 0 Å². The monoisotopic (exact) mass is 348 g/mol. The summed E-state index contributed by atoms with van der Waals surface area (Å²) in [6.07, 6.45) is -3.75. The molecular formula is C14H9ClF4N2O2. The lowest BCUT2D eigenvalue weighted by Gasteiger charge is -2.11. The average molecular weight is 349 g/mol. The van der Waals surface area contributed by atoms with E-state index in [0.29, 0.717) is 10.6 Å². The van der Waals surface area contributed by atoms with E-state index in [9.17, 15) is 27.2 Å². The van der Waals surface area contributed by atoms with Gasteiger partial charge in [-0.3, -0.25) is 9.59 Å². The second-order valence-electron chi connectivity index (χ2n) is 4.53. The normalized spacial score (nSPS) is 11.3. The number of amides is 1. The number of nitrogens with one attached hydrogen (secondary N) is 1. The average Bonchev–Trinajstić information content (AvgIpc) is 2.43. The van der Waals surface area contributed by atoms with Crippen molar-refractivity contribution >= 4 is 23.2 Å². The molecule has 2 aromatic rings. The maximum atomic E-state index is 12.9. The van der Waals surface area contributed by atoms with Crippen LogP contribution in [-0.4, -0.2) is 10.5 Å². The Bertz CT molecular complexity index is 802. The Balaban J connectivity index is 2.20. The fraction of sp³-hybridized carbons (Fsp3) is 0.143. The molecule has 1 aromatic heterocycles. The summed E-state index contributed by atoms with van der Waals surface area (Å²) < 4.78 is 51.4. The van der Waals surface area contributed by atoms with Gasteiger partial charge in [-0.2, -0.15) is 13.2 Å². The molecule has 4 nitrogen and oxygen atoms in total. The predicted octanol–water partition coefficient (Wildman–Crippen LogP) is 3.30. The first-order chi connectivity index (χ1) is 10.7. The molecule has 1 aromatic carbocycles. The second-order valence-corrected chi connectivity index (χ2v) is 4.93. The first-order valence-electron chi connectivity index (χ1n) is 6.20. The van der Waals surface area contributed by atoms with Gasteiger partial charge in [0.25, 0.3) is 5.56 Å². The Morgan fingerprint density at radius 2 is 1.96 bits per heavy atom. The zero-order valence-electron chi connectivity index (χ0n) is 11.3. The number of hydrogen-bond donors (Lipinski definition) is 1. The third-order valence-electron chi connectivity index (χ3n) is 2.84. The Morgan fingerprint density at radius 3 is 2.57 bits per heavy atom. The molecule has 1 amide bonds. The van der Waals surface area contributed by atoms with Crippen molar-refractivity contribution in [1.29, 1.82) is 0 Å². The molecule has 1 N–H and O–H groups in total. The number of aromatic nitrogens is 1. The van der Waals surface area contributed by atoms with E-state index in [1.807, 2.05) is 0 Å². The van der Waals surface area contributed by atoms with Crippen LogP contribution in [0.4, 0.5) is 23.2 Å². The lowest BCUT2D eigenvalue weighted by molar-refractivity contribution is -0.139. The van der Waals surface area contributed by atoms with Crippen LogP contribution in [0.3, 0.4) is 0 Å². The maximum absolute atomic E-state index is 12.9. The van der Waals surface area contributed by atoms with E-state index in [2.05, 4.69) is 5.32 Å². The molecule has 0 bridgehead atoms. The van der Waals surface area contributed by atoms with Crippen LogP contribution < -0.4 is 10.9 Å². The van der Waals surface area contributed by atoms with E-state index in [0.717, 1.165) is 24.4 Å². The first-order valence-corrected chi connectivity index (χ1v) is 6.58. The lowest BCUT2D eigenvalue weighted by Crippen LogP contribution is -2.32. The topological polar surface area (TPSA) is 51.1 Å². The molecule has 0 unspecified atom stereocenters. The van der Waals surface area contributed by atoms with Gasteiger partial charge in [-0.25, -0.2) is 4.39 Å². The number of pyridine rings is 1. The van der Waals surface area contributed by atoms with E-state index in [-0.39, 0.29) is 10.7 Å². The number of alkyl halides is 3. The Kier molecular flexibility index (Phi) is 4.74. The number of hydrogen-bond acceptors (Lipinski definition) is 2. The van der Waals surface area contributed by atoms with Crippen molar-refractivity contribution in [2.24, 2.45) is 0 Å². The minimum absolute atomic E-state index is 0.0743. The number of rotatable bonds is 3. The Morgan fingerprint density at radius 1 is 1.26 bits per heavy atom. The third kappa shape index (κ3) is 4.10. The van der Waals surface area contributed by atoms with E-state index >= 15 is 0 Å². The third-order valence-corrected chi connectivity index (χ3v) is 3.16. The SMILES string of the molecule is O=C(Cn1cccc(C(F)(F)F)c1=O)Nc1ccc(F)cc1Cl. The van der Waals surface area contributed by atoms with Gasteiger partial charge in [0.05, 0.1) is 10.7 Å². The lowest BCUT2D eigenvalue weighted by atomic mass is 10.2. The fourth-order valence-corrected chi connectivity index (χ4v) is 2.03. The van der Waals surface area contributed by atoms with Gasteiger partial charge in [-0.15, -0.1) is 0 Å². The highest BCUT2D eigenvalue weighted by Crippen LogP contribution is 2.26. The van der Waals surface area contributed by atoms with Crippen molar-refractivity contribution in [3.05, 3.63) is 63.3 Å². The molecule has 0 spiro atoms. The molecule has 0 aliphatic heterocycles. The van der Waals surface area contributed by atoms with Crippen molar-refractivity contribution in [2.75, 3.05) is 5.32 Å². The highest BCUT2D eigenvalue weighted by atomic mass is 35.5. The zero-order valence-corrected chi connectivity index (χ0v) is 12.1. The van der Waals surface area contributed by atoms with Gasteiger partial charge in [-0.1, -0.05) is 11.6 Å². The summed E-state index contributed by atoms with van der Waals surface area (Å²) in [5.74, 6) is -1.39. The summed E-state index contributed by atoms with van der Waals surface area (Å²) in [6.45, 7) is -0.642. The second kappa shape index (κ2) is 6.41. The number of carbonyl (C=O) groups is 1.